The molecule has 1 aliphatic carbocycles. The van der Waals surface area contributed by atoms with Crippen LogP contribution < -0.4 is 10.1 Å². The van der Waals surface area contributed by atoms with E-state index >= 15 is 0 Å². The number of ether oxygens (including phenoxy) is 2. The number of amides is 1. The molecule has 1 saturated heterocycles. The van der Waals surface area contributed by atoms with Crippen molar-refractivity contribution in [1.29, 1.82) is 0 Å². The fraction of sp³-hybridized carbons (Fsp3) is 0.500. The largest absolute Gasteiger partial charge is 0.491 e. The van der Waals surface area contributed by atoms with E-state index in [0.717, 1.165) is 52.3 Å². The minimum atomic E-state index is 0.0245. The second-order valence-electron chi connectivity index (χ2n) is 11.3. The number of fused-ring (bicyclic) bond motifs is 4. The summed E-state index contributed by atoms with van der Waals surface area (Å²) in [6.07, 6.45) is 6.00. The molecule has 0 radical (unpaired) electrons. The van der Waals surface area contributed by atoms with Crippen molar-refractivity contribution in [2.24, 2.45) is 16.3 Å². The summed E-state index contributed by atoms with van der Waals surface area (Å²) in [4.78, 5) is 31.0. The van der Waals surface area contributed by atoms with Gasteiger partial charge in [-0.05, 0) is 53.5 Å². The molecule has 1 amide bonds. The molecule has 0 bridgehead atoms. The summed E-state index contributed by atoms with van der Waals surface area (Å²) in [5.74, 6) is 1.88. The number of nitrogens with zero attached hydrogens (tertiary/aromatic N) is 4. The quantitative estimate of drug-likeness (QED) is 0.523. The van der Waals surface area contributed by atoms with Gasteiger partial charge in [-0.3, -0.25) is 9.79 Å². The molecule has 194 valence electrons. The average Bonchev–Trinajstić information content (AvgIpc) is 3.50. The van der Waals surface area contributed by atoms with Gasteiger partial charge >= 0.3 is 0 Å². The Labute approximate surface area is 221 Å². The highest BCUT2D eigenvalue weighted by atomic mass is 32.1. The van der Waals surface area contributed by atoms with Gasteiger partial charge in [-0.2, -0.15) is 0 Å². The Morgan fingerprint density at radius 2 is 2.08 bits per heavy atom. The van der Waals surface area contributed by atoms with Crippen LogP contribution in [0.4, 0.5) is 11.5 Å². The fourth-order valence-corrected chi connectivity index (χ4v) is 6.50. The van der Waals surface area contributed by atoms with Gasteiger partial charge in [-0.25, -0.2) is 9.97 Å². The molecule has 3 aliphatic rings. The Bertz CT molecular complexity index is 1370. The van der Waals surface area contributed by atoms with Gasteiger partial charge in [-0.1, -0.05) is 20.8 Å². The predicted octanol–water partition coefficient (Wildman–Crippen LogP) is 4.76. The molecule has 1 aromatic carbocycles. The Hall–Kier alpha value is -3.04. The molecule has 1 atom stereocenters. The number of carbonyl (C=O) groups excluding carboxylic acids is 1. The third-order valence-corrected chi connectivity index (χ3v) is 8.33. The molecule has 6 rings (SSSR count). The molecule has 3 aromatic rings. The molecule has 2 aromatic heterocycles. The van der Waals surface area contributed by atoms with Crippen molar-refractivity contribution in [2.75, 3.05) is 38.2 Å². The maximum Gasteiger partial charge on any atom is 0.226 e. The number of anilines is 2. The number of rotatable bonds is 5. The number of benzene rings is 1. The summed E-state index contributed by atoms with van der Waals surface area (Å²) in [5.41, 5.74) is 4.47. The highest BCUT2D eigenvalue weighted by Crippen LogP contribution is 2.42. The number of hydrogen-bond donors (Lipinski definition) is 1. The molecule has 0 spiro atoms. The SMILES string of the molecule is CC(C)(C)COc1cc2c(cc1Nc1ncnc3sc4c(c13)CC[C@H](C(=O)N1CCOCC1)C4)C=NC2. The van der Waals surface area contributed by atoms with Crippen LogP contribution in [-0.2, 0) is 28.9 Å². The Kier molecular flexibility index (Phi) is 6.36. The van der Waals surface area contributed by atoms with Crippen molar-refractivity contribution in [2.45, 2.75) is 46.6 Å². The number of nitrogens with one attached hydrogen (secondary N) is 1. The van der Waals surface area contributed by atoms with Crippen molar-refractivity contribution in [3.05, 3.63) is 40.0 Å². The zero-order chi connectivity index (χ0) is 25.6. The summed E-state index contributed by atoms with van der Waals surface area (Å²) >= 11 is 1.69. The number of morpholine rings is 1. The van der Waals surface area contributed by atoms with Gasteiger partial charge in [-0.15, -0.1) is 11.3 Å². The van der Waals surface area contributed by atoms with Crippen molar-refractivity contribution in [1.82, 2.24) is 14.9 Å². The van der Waals surface area contributed by atoms with E-state index in [1.807, 2.05) is 11.1 Å². The van der Waals surface area contributed by atoms with Crippen LogP contribution in [0.25, 0.3) is 10.2 Å². The summed E-state index contributed by atoms with van der Waals surface area (Å²) in [6.45, 7) is 10.4. The Morgan fingerprint density at radius 3 is 2.89 bits per heavy atom. The lowest BCUT2D eigenvalue weighted by molar-refractivity contribution is -0.140. The summed E-state index contributed by atoms with van der Waals surface area (Å²) < 4.78 is 11.7. The van der Waals surface area contributed by atoms with E-state index in [1.54, 1.807) is 17.7 Å². The highest BCUT2D eigenvalue weighted by molar-refractivity contribution is 7.19. The minimum absolute atomic E-state index is 0.0245. The summed E-state index contributed by atoms with van der Waals surface area (Å²) in [6, 6.07) is 4.20. The van der Waals surface area contributed by atoms with E-state index in [2.05, 4.69) is 53.2 Å². The number of hydrogen-bond acceptors (Lipinski definition) is 8. The Balaban J connectivity index is 1.30. The molecule has 4 heterocycles. The molecule has 8 nitrogen and oxygen atoms in total. The van der Waals surface area contributed by atoms with Crippen LogP contribution in [0, 0.1) is 11.3 Å². The van der Waals surface area contributed by atoms with E-state index in [4.69, 9.17) is 9.47 Å². The smallest absolute Gasteiger partial charge is 0.226 e. The lowest BCUT2D eigenvalue weighted by Gasteiger charge is -2.32. The monoisotopic (exact) mass is 519 g/mol. The molecule has 1 fully saturated rings. The normalized spacial score (nSPS) is 19.1. The van der Waals surface area contributed by atoms with Gasteiger partial charge in [0.2, 0.25) is 5.91 Å². The first kappa shape index (κ1) is 24.3. The van der Waals surface area contributed by atoms with E-state index < -0.39 is 0 Å². The average molecular weight is 520 g/mol. The van der Waals surface area contributed by atoms with Crippen LogP contribution in [0.15, 0.2) is 23.5 Å². The lowest BCUT2D eigenvalue weighted by Crippen LogP contribution is -2.44. The zero-order valence-corrected chi connectivity index (χ0v) is 22.5. The van der Waals surface area contributed by atoms with E-state index in [9.17, 15) is 4.79 Å². The van der Waals surface area contributed by atoms with Crippen molar-refractivity contribution in [3.8, 4) is 5.75 Å². The van der Waals surface area contributed by atoms with E-state index in [0.29, 0.717) is 39.5 Å². The van der Waals surface area contributed by atoms with Gasteiger partial charge < -0.3 is 19.7 Å². The molecule has 37 heavy (non-hydrogen) atoms. The molecule has 0 unspecified atom stereocenters. The molecular formula is C28H33N5O3S. The number of carbonyl (C=O) groups is 1. The van der Waals surface area contributed by atoms with Crippen LogP contribution >= 0.6 is 11.3 Å². The first-order chi connectivity index (χ1) is 17.9. The van der Waals surface area contributed by atoms with E-state index in [1.165, 1.54) is 16.0 Å². The molecule has 1 N–H and O–H groups in total. The molecule has 2 aliphatic heterocycles. The summed E-state index contributed by atoms with van der Waals surface area (Å²) in [5, 5.41) is 4.65. The van der Waals surface area contributed by atoms with Crippen LogP contribution in [0.3, 0.4) is 0 Å². The number of aryl methyl sites for hydroxylation is 1. The first-order valence-corrected chi connectivity index (χ1v) is 13.9. The van der Waals surface area contributed by atoms with Crippen LogP contribution in [0.5, 0.6) is 5.75 Å². The van der Waals surface area contributed by atoms with Gasteiger partial charge in [0.25, 0.3) is 0 Å². The molecule has 0 saturated carbocycles. The van der Waals surface area contributed by atoms with Crippen LogP contribution in [-0.4, -0.2) is 59.9 Å². The molecular weight excluding hydrogens is 486 g/mol. The second kappa shape index (κ2) is 9.68. The maximum atomic E-state index is 13.2. The van der Waals surface area contributed by atoms with Crippen LogP contribution in [0.1, 0.15) is 48.8 Å². The highest BCUT2D eigenvalue weighted by Gasteiger charge is 2.32. The topological polar surface area (TPSA) is 88.9 Å². The Morgan fingerprint density at radius 1 is 1.24 bits per heavy atom. The number of aliphatic imine (C=N–C) groups is 1. The van der Waals surface area contributed by atoms with Gasteiger partial charge in [0.1, 0.15) is 22.7 Å². The summed E-state index contributed by atoms with van der Waals surface area (Å²) in [7, 11) is 0. The predicted molar refractivity (Wildman–Crippen MR) is 146 cm³/mol. The minimum Gasteiger partial charge on any atom is -0.491 e. The van der Waals surface area contributed by atoms with Gasteiger partial charge in [0.15, 0.2) is 0 Å². The standard InChI is InChI=1S/C28H33N5O3S/c1-28(2,3)15-36-22-11-19-14-29-13-18(19)10-21(22)32-25-24-20-5-4-17(27(34)33-6-8-35-9-7-33)12-23(20)37-26(24)31-16-30-25/h10-11,13,16-17H,4-9,12,14-15H2,1-3H3,(H,30,31,32)/t17-/m0/s1. The van der Waals surface area contributed by atoms with Crippen LogP contribution in [0.2, 0.25) is 0 Å². The number of aromatic nitrogens is 2. The van der Waals surface area contributed by atoms with Gasteiger partial charge in [0, 0.05) is 30.1 Å². The third kappa shape index (κ3) is 4.94. The third-order valence-electron chi connectivity index (χ3n) is 7.16. The number of thiophene rings is 1. The van der Waals surface area contributed by atoms with E-state index in [-0.39, 0.29) is 17.2 Å². The van der Waals surface area contributed by atoms with Gasteiger partial charge in [0.05, 0.1) is 37.4 Å². The maximum absolute atomic E-state index is 13.2. The zero-order valence-electron chi connectivity index (χ0n) is 21.7. The van der Waals surface area contributed by atoms with Crippen molar-refractivity contribution < 1.29 is 14.3 Å². The fourth-order valence-electron chi connectivity index (χ4n) is 5.23. The second-order valence-corrected chi connectivity index (χ2v) is 12.4. The molecule has 9 heteroatoms. The van der Waals surface area contributed by atoms with Crippen molar-refractivity contribution in [3.63, 3.8) is 0 Å². The van der Waals surface area contributed by atoms with Crippen molar-refractivity contribution >= 4 is 45.2 Å². The lowest BCUT2D eigenvalue weighted by atomic mass is 9.86. The first-order valence-electron chi connectivity index (χ1n) is 13.0.